The number of imide groups is 1. The predicted octanol–water partition coefficient (Wildman–Crippen LogP) is 6.27. The highest BCUT2D eigenvalue weighted by atomic mass is 19.1. The maximum absolute atomic E-state index is 14.7. The molecule has 4 heterocycles. The van der Waals surface area contributed by atoms with Gasteiger partial charge in [0.15, 0.2) is 0 Å². The number of fused-ring (bicyclic) bond motifs is 1. The molecule has 13 heteroatoms. The number of benzene rings is 2. The van der Waals surface area contributed by atoms with Gasteiger partial charge < -0.3 is 19.9 Å². The number of anilines is 1. The zero-order valence-electron chi connectivity index (χ0n) is 31.9. The highest BCUT2D eigenvalue weighted by Gasteiger charge is 2.32. The molecule has 1 unspecified atom stereocenters. The van der Waals surface area contributed by atoms with Crippen LogP contribution in [0.15, 0.2) is 54.7 Å². The summed E-state index contributed by atoms with van der Waals surface area (Å²) in [6.07, 6.45) is 9.77. The molecule has 2 aromatic heterocycles. The summed E-state index contributed by atoms with van der Waals surface area (Å²) in [7, 11) is 3.79. The number of carbonyl (C=O) groups is 4. The summed E-state index contributed by atoms with van der Waals surface area (Å²) in [6, 6.07) is 13.7. The van der Waals surface area contributed by atoms with Crippen LogP contribution in [-0.4, -0.2) is 88.5 Å². The van der Waals surface area contributed by atoms with Crippen molar-refractivity contribution in [2.45, 2.75) is 76.7 Å². The van der Waals surface area contributed by atoms with Crippen LogP contribution in [0.2, 0.25) is 0 Å². The summed E-state index contributed by atoms with van der Waals surface area (Å²) >= 11 is 0. The minimum absolute atomic E-state index is 0.146. The van der Waals surface area contributed by atoms with Gasteiger partial charge in [-0.1, -0.05) is 6.07 Å². The number of aryl methyl sites for hydroxylation is 1. The van der Waals surface area contributed by atoms with Crippen LogP contribution in [0, 0.1) is 24.6 Å². The van der Waals surface area contributed by atoms with E-state index in [1.807, 2.05) is 36.1 Å². The summed E-state index contributed by atoms with van der Waals surface area (Å²) in [6.45, 7) is 5.22. The molecule has 7 rings (SSSR count). The van der Waals surface area contributed by atoms with E-state index in [0.717, 1.165) is 74.6 Å². The Balaban J connectivity index is 0.852. The number of aromatic nitrogens is 3. The fourth-order valence-corrected chi connectivity index (χ4v) is 8.45. The molecule has 3 aliphatic rings. The molecule has 12 nitrogen and oxygen atoms in total. The standard InChI is InChI=1S/C42H50FN7O5/c1-26-5-4-6-35(44-26)41(53)45-37-22-30-25-50(47-36(30)23-38(37)55-3)31-10-7-28(8-11-31)24-48(2)18-15-27-16-19-49(20-17-27)42(54)29-9-13-34(43)33(21-29)32-12-14-39(51)46-40(32)52/h4-6,9,13,21-23,25,27-28,31-32H,7-8,10-12,14-20,24H2,1-3H3,(H,45,53)(H,46,51,52)/t28-,31-,32?. The molecule has 1 aliphatic carbocycles. The maximum Gasteiger partial charge on any atom is 0.274 e. The molecule has 0 radical (unpaired) electrons. The topological polar surface area (TPSA) is 139 Å². The van der Waals surface area contributed by atoms with Gasteiger partial charge in [-0.3, -0.25) is 29.2 Å². The number of nitrogens with one attached hydrogen (secondary N) is 2. The number of hydrogen-bond acceptors (Lipinski definition) is 8. The third-order valence-corrected chi connectivity index (χ3v) is 11.7. The van der Waals surface area contributed by atoms with Crippen molar-refractivity contribution >= 4 is 40.2 Å². The van der Waals surface area contributed by atoms with E-state index in [0.29, 0.717) is 53.7 Å². The summed E-state index contributed by atoms with van der Waals surface area (Å²) < 4.78 is 22.4. The lowest BCUT2D eigenvalue weighted by molar-refractivity contribution is -0.134. The Hall–Kier alpha value is -5.17. The number of pyridine rings is 1. The second-order valence-electron chi connectivity index (χ2n) is 15.5. The number of rotatable bonds is 11. The van der Waals surface area contributed by atoms with Crippen LogP contribution in [0.5, 0.6) is 5.75 Å². The van der Waals surface area contributed by atoms with Crippen LogP contribution in [0.1, 0.15) is 102 Å². The van der Waals surface area contributed by atoms with Crippen molar-refractivity contribution in [1.29, 1.82) is 0 Å². The molecular formula is C42H50FN7O5. The molecule has 1 atom stereocenters. The highest BCUT2D eigenvalue weighted by molar-refractivity contribution is 6.05. The Labute approximate surface area is 320 Å². The van der Waals surface area contributed by atoms with Crippen LogP contribution in [0.4, 0.5) is 10.1 Å². The molecule has 0 bridgehead atoms. The van der Waals surface area contributed by atoms with E-state index in [-0.39, 0.29) is 36.1 Å². The Kier molecular flexibility index (Phi) is 11.6. The van der Waals surface area contributed by atoms with Crippen LogP contribution >= 0.6 is 0 Å². The molecule has 2 aromatic carbocycles. The molecule has 3 fully saturated rings. The third-order valence-electron chi connectivity index (χ3n) is 11.7. The van der Waals surface area contributed by atoms with Gasteiger partial charge in [0.25, 0.3) is 11.8 Å². The van der Waals surface area contributed by atoms with Gasteiger partial charge in [-0.15, -0.1) is 0 Å². The number of methoxy groups -OCH3 is 1. The van der Waals surface area contributed by atoms with Crippen LogP contribution in [0.3, 0.4) is 0 Å². The number of halogens is 1. The first-order valence-corrected chi connectivity index (χ1v) is 19.5. The van der Waals surface area contributed by atoms with Gasteiger partial charge in [0.05, 0.1) is 30.3 Å². The Morgan fingerprint density at radius 2 is 1.78 bits per heavy atom. The minimum Gasteiger partial charge on any atom is -0.494 e. The lowest BCUT2D eigenvalue weighted by Gasteiger charge is -2.34. The largest absolute Gasteiger partial charge is 0.494 e. The third kappa shape index (κ3) is 8.88. The monoisotopic (exact) mass is 751 g/mol. The Morgan fingerprint density at radius 3 is 2.51 bits per heavy atom. The van der Waals surface area contributed by atoms with Crippen molar-refractivity contribution in [3.05, 3.63) is 83.1 Å². The van der Waals surface area contributed by atoms with E-state index in [1.54, 1.807) is 13.2 Å². The number of nitrogens with zero attached hydrogens (tertiary/aromatic N) is 5. The highest BCUT2D eigenvalue weighted by Crippen LogP contribution is 2.36. The number of likely N-dealkylation sites (tertiary alicyclic amines) is 1. The molecule has 2 saturated heterocycles. The molecule has 55 heavy (non-hydrogen) atoms. The summed E-state index contributed by atoms with van der Waals surface area (Å²) in [5, 5.41) is 11.1. The molecular weight excluding hydrogens is 702 g/mol. The lowest BCUT2D eigenvalue weighted by atomic mass is 9.85. The van der Waals surface area contributed by atoms with E-state index >= 15 is 0 Å². The molecule has 4 aromatic rings. The number of carbonyl (C=O) groups excluding carboxylic acids is 4. The van der Waals surface area contributed by atoms with E-state index in [2.05, 4.69) is 38.4 Å². The van der Waals surface area contributed by atoms with E-state index < -0.39 is 17.6 Å². The second kappa shape index (κ2) is 16.7. The van der Waals surface area contributed by atoms with Crippen molar-refractivity contribution in [2.75, 3.05) is 45.7 Å². The first kappa shape index (κ1) is 38.1. The summed E-state index contributed by atoms with van der Waals surface area (Å²) in [5.74, 6) is -0.896. The number of ether oxygens (including phenoxy) is 1. The average molecular weight is 752 g/mol. The molecule has 2 N–H and O–H groups in total. The van der Waals surface area contributed by atoms with Gasteiger partial charge in [0.2, 0.25) is 11.8 Å². The molecule has 290 valence electrons. The van der Waals surface area contributed by atoms with E-state index in [9.17, 15) is 23.6 Å². The van der Waals surface area contributed by atoms with Crippen LogP contribution < -0.4 is 15.4 Å². The Morgan fingerprint density at radius 1 is 1.00 bits per heavy atom. The smallest absolute Gasteiger partial charge is 0.274 e. The molecule has 0 spiro atoms. The van der Waals surface area contributed by atoms with Gasteiger partial charge in [-0.2, -0.15) is 5.10 Å². The minimum atomic E-state index is -0.773. The summed E-state index contributed by atoms with van der Waals surface area (Å²) in [4.78, 5) is 58.8. The van der Waals surface area contributed by atoms with Gasteiger partial charge >= 0.3 is 0 Å². The average Bonchev–Trinajstić information content (AvgIpc) is 3.60. The van der Waals surface area contributed by atoms with Crippen LogP contribution in [-0.2, 0) is 9.59 Å². The van der Waals surface area contributed by atoms with Gasteiger partial charge in [0.1, 0.15) is 17.3 Å². The van der Waals surface area contributed by atoms with Gasteiger partial charge in [-0.05, 0) is 120 Å². The first-order chi connectivity index (χ1) is 26.5. The molecule has 2 aliphatic heterocycles. The second-order valence-corrected chi connectivity index (χ2v) is 15.5. The zero-order chi connectivity index (χ0) is 38.6. The zero-order valence-corrected chi connectivity index (χ0v) is 31.9. The van der Waals surface area contributed by atoms with E-state index in [4.69, 9.17) is 9.84 Å². The van der Waals surface area contributed by atoms with Crippen molar-refractivity contribution in [1.82, 2.24) is 29.9 Å². The number of amides is 4. The number of piperidine rings is 2. The maximum atomic E-state index is 14.7. The molecule has 1 saturated carbocycles. The van der Waals surface area contributed by atoms with Crippen molar-refractivity contribution in [2.24, 2.45) is 11.8 Å². The van der Waals surface area contributed by atoms with Gasteiger partial charge in [-0.25, -0.2) is 9.37 Å². The fraction of sp³-hybridized carbons (Fsp3) is 0.476. The molecule has 4 amide bonds. The van der Waals surface area contributed by atoms with Crippen molar-refractivity contribution in [3.63, 3.8) is 0 Å². The van der Waals surface area contributed by atoms with Crippen molar-refractivity contribution < 1.29 is 28.3 Å². The predicted molar refractivity (Wildman–Crippen MR) is 206 cm³/mol. The van der Waals surface area contributed by atoms with Gasteiger partial charge in [0, 0.05) is 60.5 Å². The lowest BCUT2D eigenvalue weighted by Crippen LogP contribution is -2.40. The Bertz CT molecular complexity index is 2070. The SMILES string of the molecule is COc1cc2nn([C@H]3CC[C@H](CN(C)CCC4CCN(C(=O)c5ccc(F)c(C6CCC(=O)NC6=O)c5)CC4)CC3)cc2cc1NC(=O)c1cccc(C)n1. The fourth-order valence-electron chi connectivity index (χ4n) is 8.45. The quantitative estimate of drug-likeness (QED) is 0.171. The number of hydrogen-bond donors (Lipinski definition) is 2. The van der Waals surface area contributed by atoms with E-state index in [1.165, 1.54) is 18.2 Å². The first-order valence-electron chi connectivity index (χ1n) is 19.5. The van der Waals surface area contributed by atoms with Crippen LogP contribution in [0.25, 0.3) is 10.9 Å². The normalized spacial score (nSPS) is 20.8. The van der Waals surface area contributed by atoms with Crippen molar-refractivity contribution in [3.8, 4) is 5.75 Å². The summed E-state index contributed by atoms with van der Waals surface area (Å²) in [5.41, 5.74) is 3.09.